The van der Waals surface area contributed by atoms with E-state index in [-0.39, 0.29) is 36.9 Å². The van der Waals surface area contributed by atoms with Crippen LogP contribution >= 0.6 is 7.60 Å². The zero-order chi connectivity index (χ0) is 17.0. The minimum absolute atomic E-state index is 0.0708. The maximum Gasteiger partial charge on any atom is 0.399 e. The van der Waals surface area contributed by atoms with Gasteiger partial charge in [0.05, 0.1) is 13.2 Å². The summed E-state index contributed by atoms with van der Waals surface area (Å²) in [5.41, 5.74) is -2.82. The molecule has 1 aliphatic carbocycles. The van der Waals surface area contributed by atoms with Gasteiger partial charge in [-0.2, -0.15) is 8.78 Å². The first-order valence-electron chi connectivity index (χ1n) is 7.31. The highest BCUT2D eigenvalue weighted by molar-refractivity contribution is 7.55. The summed E-state index contributed by atoms with van der Waals surface area (Å²) in [7, 11) is -4.55. The Hall–Kier alpha value is -0.840. The maximum absolute atomic E-state index is 14.4. The molecule has 0 aromatic carbocycles. The summed E-state index contributed by atoms with van der Waals surface area (Å²) in [6, 6.07) is 0. The molecule has 0 saturated heterocycles. The van der Waals surface area contributed by atoms with Gasteiger partial charge in [-0.25, -0.2) is 0 Å². The van der Waals surface area contributed by atoms with Gasteiger partial charge in [0.25, 0.3) is 0 Å². The van der Waals surface area contributed by atoms with E-state index in [1.807, 2.05) is 0 Å². The molecule has 0 radical (unpaired) electrons. The van der Waals surface area contributed by atoms with Crippen LogP contribution in [0, 0.1) is 5.92 Å². The summed E-state index contributed by atoms with van der Waals surface area (Å²) in [4.78, 5) is 11.7. The van der Waals surface area contributed by atoms with Gasteiger partial charge in [0.15, 0.2) is 5.78 Å². The number of alkyl halides is 2. The molecule has 0 spiro atoms. The lowest BCUT2D eigenvalue weighted by Gasteiger charge is -2.29. The van der Waals surface area contributed by atoms with Crippen molar-refractivity contribution in [1.82, 2.24) is 0 Å². The molecule has 0 aromatic heterocycles. The number of hydrogen-bond acceptors (Lipinski definition) is 4. The molecule has 0 bridgehead atoms. The molecule has 1 atom stereocenters. The third kappa shape index (κ3) is 4.34. The molecule has 0 amide bonds. The lowest BCUT2D eigenvalue weighted by molar-refractivity contribution is -0.116. The fourth-order valence-corrected chi connectivity index (χ4v) is 3.82. The second kappa shape index (κ2) is 7.62. The number of carbonyl (C=O) groups is 1. The van der Waals surface area contributed by atoms with Gasteiger partial charge in [-0.3, -0.25) is 9.36 Å². The van der Waals surface area contributed by atoms with Crippen LogP contribution in [0.2, 0.25) is 0 Å². The summed E-state index contributed by atoms with van der Waals surface area (Å²) in [5.74, 6) is -0.433. The van der Waals surface area contributed by atoms with Crippen molar-refractivity contribution in [2.75, 3.05) is 13.2 Å². The van der Waals surface area contributed by atoms with Crippen LogP contribution in [0.5, 0.6) is 0 Å². The molecule has 1 aliphatic rings. The second-order valence-electron chi connectivity index (χ2n) is 5.28. The molecule has 0 unspecified atom stereocenters. The van der Waals surface area contributed by atoms with Crippen molar-refractivity contribution in [3.63, 3.8) is 0 Å². The van der Waals surface area contributed by atoms with Gasteiger partial charge >= 0.3 is 13.3 Å². The van der Waals surface area contributed by atoms with Crippen molar-refractivity contribution >= 4 is 13.4 Å². The summed E-state index contributed by atoms with van der Waals surface area (Å²) in [5, 5.41) is 0. The van der Waals surface area contributed by atoms with E-state index in [4.69, 9.17) is 9.05 Å². The van der Waals surface area contributed by atoms with Crippen LogP contribution in [0.3, 0.4) is 0 Å². The van der Waals surface area contributed by atoms with Gasteiger partial charge in [0.1, 0.15) is 0 Å². The van der Waals surface area contributed by atoms with Crippen molar-refractivity contribution in [2.45, 2.75) is 45.7 Å². The number of Topliss-reactive ketones (excluding diaryl/α,β-unsaturated/α-hetero) is 1. The molecule has 0 N–H and O–H groups in total. The highest BCUT2D eigenvalue weighted by Gasteiger charge is 2.53. The van der Waals surface area contributed by atoms with Crippen molar-refractivity contribution in [3.8, 4) is 0 Å². The van der Waals surface area contributed by atoms with E-state index in [0.29, 0.717) is 12.0 Å². The normalized spacial score (nSPS) is 20.0. The second-order valence-corrected chi connectivity index (χ2v) is 7.45. The van der Waals surface area contributed by atoms with Crippen molar-refractivity contribution < 1.29 is 27.2 Å². The minimum Gasteiger partial charge on any atom is -0.305 e. The third-order valence-corrected chi connectivity index (χ3v) is 5.75. The first kappa shape index (κ1) is 19.2. The Balaban J connectivity index is 2.84. The fourth-order valence-electron chi connectivity index (χ4n) is 2.29. The van der Waals surface area contributed by atoms with Gasteiger partial charge < -0.3 is 9.05 Å². The Bertz CT molecular complexity index is 504. The fraction of sp³-hybridized carbons (Fsp3) is 0.667. The monoisotopic (exact) mass is 336 g/mol. The Morgan fingerprint density at radius 2 is 1.95 bits per heavy atom. The molecule has 4 nitrogen and oxygen atoms in total. The third-order valence-electron chi connectivity index (χ3n) is 3.60. The number of rotatable bonds is 8. The smallest absolute Gasteiger partial charge is 0.305 e. The number of ketones is 1. The highest BCUT2D eigenvalue weighted by Crippen LogP contribution is 2.64. The molecule has 22 heavy (non-hydrogen) atoms. The van der Waals surface area contributed by atoms with Gasteiger partial charge in [0.2, 0.25) is 0 Å². The zero-order valence-corrected chi connectivity index (χ0v) is 14.1. The van der Waals surface area contributed by atoms with Crippen molar-refractivity contribution in [1.29, 1.82) is 0 Å². The molecule has 7 heteroatoms. The maximum atomic E-state index is 14.4. The molecule has 1 rings (SSSR count). The number of allylic oxidation sites excluding steroid dienone is 3. The number of halogens is 2. The zero-order valence-electron chi connectivity index (χ0n) is 13.2. The molecule has 126 valence electrons. The van der Waals surface area contributed by atoms with Crippen LogP contribution in [-0.2, 0) is 18.4 Å². The molecule has 0 fully saturated rings. The lowest BCUT2D eigenvalue weighted by atomic mass is 9.83. The van der Waals surface area contributed by atoms with Crippen LogP contribution in [0.4, 0.5) is 8.78 Å². The molecule has 0 saturated carbocycles. The average Bonchev–Trinajstić information content (AvgIpc) is 2.41. The van der Waals surface area contributed by atoms with Crippen LogP contribution in [-0.4, -0.2) is 24.7 Å². The Kier molecular flexibility index (Phi) is 6.65. The minimum atomic E-state index is -4.55. The topological polar surface area (TPSA) is 52.6 Å². The first-order chi connectivity index (χ1) is 10.2. The lowest BCUT2D eigenvalue weighted by Crippen LogP contribution is -2.24. The van der Waals surface area contributed by atoms with Crippen LogP contribution in [0.25, 0.3) is 0 Å². The van der Waals surface area contributed by atoms with E-state index in [0.717, 1.165) is 0 Å². The summed E-state index contributed by atoms with van der Waals surface area (Å²) in [6.45, 7) is 8.05. The molecule has 0 aliphatic heterocycles. The van der Waals surface area contributed by atoms with Gasteiger partial charge in [0, 0.05) is 12.8 Å². The van der Waals surface area contributed by atoms with Gasteiger partial charge in [-0.05, 0) is 38.7 Å². The van der Waals surface area contributed by atoms with E-state index in [1.54, 1.807) is 13.0 Å². The number of hydrogen-bond donors (Lipinski definition) is 0. The Morgan fingerprint density at radius 3 is 2.41 bits per heavy atom. The molecular weight excluding hydrogens is 313 g/mol. The summed E-state index contributed by atoms with van der Waals surface area (Å²) < 4.78 is 50.4. The van der Waals surface area contributed by atoms with Crippen LogP contribution in [0.15, 0.2) is 23.8 Å². The van der Waals surface area contributed by atoms with E-state index in [2.05, 4.69) is 6.58 Å². The standard InChI is InChI=1S/C15H23F2O4P/c1-5-20-22(19,21-6-2)15(16,17)10-12(4)13-8-7-11(3)14(18)9-13/h7,13H,4-6,8-10H2,1-3H3/t13-/m0/s1. The number of carbonyl (C=O) groups excluding carboxylic acids is 1. The van der Waals surface area contributed by atoms with E-state index >= 15 is 0 Å². The SMILES string of the molecule is C=C(CC(F)(F)P(=O)(OCC)OCC)[C@H]1CC=C(C)C(=O)C1. The largest absolute Gasteiger partial charge is 0.399 e. The Morgan fingerprint density at radius 1 is 1.41 bits per heavy atom. The van der Waals surface area contributed by atoms with E-state index < -0.39 is 19.7 Å². The van der Waals surface area contributed by atoms with E-state index in [1.165, 1.54) is 13.8 Å². The van der Waals surface area contributed by atoms with E-state index in [9.17, 15) is 18.1 Å². The van der Waals surface area contributed by atoms with Crippen LogP contribution < -0.4 is 0 Å². The Labute approximate surface area is 130 Å². The van der Waals surface area contributed by atoms with Crippen LogP contribution in [0.1, 0.15) is 40.0 Å². The quantitative estimate of drug-likeness (QED) is 0.475. The van der Waals surface area contributed by atoms with Gasteiger partial charge in [-0.1, -0.05) is 18.2 Å². The van der Waals surface area contributed by atoms with Crippen molar-refractivity contribution in [2.24, 2.45) is 5.92 Å². The van der Waals surface area contributed by atoms with Gasteiger partial charge in [-0.15, -0.1) is 0 Å². The molecular formula is C15H23F2O4P. The summed E-state index contributed by atoms with van der Waals surface area (Å²) in [6.07, 6.45) is 1.56. The first-order valence-corrected chi connectivity index (χ1v) is 8.85. The van der Waals surface area contributed by atoms with Crippen molar-refractivity contribution in [3.05, 3.63) is 23.8 Å². The molecule has 0 aromatic rings. The highest BCUT2D eigenvalue weighted by atomic mass is 31.2. The predicted molar refractivity (Wildman–Crippen MR) is 81.1 cm³/mol. The predicted octanol–water partition coefficient (Wildman–Crippen LogP) is 4.72. The summed E-state index contributed by atoms with van der Waals surface area (Å²) >= 11 is 0. The molecule has 0 heterocycles. The average molecular weight is 336 g/mol.